The maximum absolute atomic E-state index is 11.6. The van der Waals surface area contributed by atoms with Crippen LogP contribution in [0.5, 0.6) is 0 Å². The van der Waals surface area contributed by atoms with Crippen LogP contribution in [0.1, 0.15) is 11.1 Å². The lowest BCUT2D eigenvalue weighted by atomic mass is 10.1. The molecule has 0 saturated heterocycles. The quantitative estimate of drug-likeness (QED) is 0.681. The summed E-state index contributed by atoms with van der Waals surface area (Å²) in [6, 6.07) is 5.32. The van der Waals surface area contributed by atoms with E-state index in [0.29, 0.717) is 0 Å². The molecule has 0 fully saturated rings. The van der Waals surface area contributed by atoms with E-state index in [1.165, 1.54) is 0 Å². The molecule has 1 aromatic rings. The molecule has 0 spiro atoms. The third kappa shape index (κ3) is 5.39. The van der Waals surface area contributed by atoms with E-state index in [-0.39, 0.29) is 25.8 Å². The predicted molar refractivity (Wildman–Crippen MR) is 71.4 cm³/mol. The van der Waals surface area contributed by atoms with Crippen molar-refractivity contribution in [3.63, 3.8) is 0 Å². The third-order valence-corrected chi connectivity index (χ3v) is 2.61. The summed E-state index contributed by atoms with van der Waals surface area (Å²) in [7, 11) is 0. The first kappa shape index (κ1) is 15.0. The van der Waals surface area contributed by atoms with Crippen molar-refractivity contribution in [1.29, 1.82) is 0 Å². The van der Waals surface area contributed by atoms with E-state index >= 15 is 0 Å². The molecule has 6 heteroatoms. The maximum atomic E-state index is 11.6. The Balaban J connectivity index is 2.31. The molecule has 0 heterocycles. The predicted octanol–water partition coefficient (Wildman–Crippen LogP) is 1.53. The Labute approximate surface area is 111 Å². The molecule has 0 aliphatic rings. The van der Waals surface area contributed by atoms with E-state index in [4.69, 9.17) is 9.84 Å². The number of carboxylic acids is 1. The average molecular weight is 266 g/mol. The van der Waals surface area contributed by atoms with Gasteiger partial charge in [-0.2, -0.15) is 0 Å². The van der Waals surface area contributed by atoms with Gasteiger partial charge in [-0.1, -0.05) is 12.1 Å². The van der Waals surface area contributed by atoms with Crippen molar-refractivity contribution in [2.75, 3.05) is 25.1 Å². The molecule has 3 N–H and O–H groups in total. The maximum Gasteiger partial charge on any atom is 0.329 e. The zero-order chi connectivity index (χ0) is 14.3. The van der Waals surface area contributed by atoms with Crippen LogP contribution >= 0.6 is 0 Å². The first-order valence-electron chi connectivity index (χ1n) is 5.91. The Morgan fingerprint density at radius 1 is 1.32 bits per heavy atom. The lowest BCUT2D eigenvalue weighted by Gasteiger charge is -2.11. The highest BCUT2D eigenvalue weighted by molar-refractivity contribution is 5.90. The van der Waals surface area contributed by atoms with Crippen LogP contribution in [0.2, 0.25) is 0 Å². The van der Waals surface area contributed by atoms with E-state index < -0.39 is 5.97 Å². The smallest absolute Gasteiger partial charge is 0.329 e. The van der Waals surface area contributed by atoms with Crippen molar-refractivity contribution < 1.29 is 19.4 Å². The zero-order valence-electron chi connectivity index (χ0n) is 11.0. The number of amides is 2. The van der Waals surface area contributed by atoms with Crippen LogP contribution in [0, 0.1) is 13.8 Å². The number of nitrogens with one attached hydrogen (secondary N) is 2. The summed E-state index contributed by atoms with van der Waals surface area (Å²) in [5, 5.41) is 13.7. The molecule has 0 radical (unpaired) electrons. The number of rotatable bonds is 6. The van der Waals surface area contributed by atoms with Gasteiger partial charge in [-0.3, -0.25) is 0 Å². The number of ether oxygens (including phenoxy) is 1. The van der Waals surface area contributed by atoms with Crippen molar-refractivity contribution in [3.8, 4) is 0 Å². The van der Waals surface area contributed by atoms with Crippen LogP contribution in [-0.2, 0) is 9.53 Å². The van der Waals surface area contributed by atoms with Crippen LogP contribution in [0.3, 0.4) is 0 Å². The number of aliphatic carboxylic acids is 1. The Bertz CT molecular complexity index is 460. The number of hydrogen-bond donors (Lipinski definition) is 3. The highest BCUT2D eigenvalue weighted by Gasteiger charge is 2.05. The summed E-state index contributed by atoms with van der Waals surface area (Å²) in [5.41, 5.74) is 2.87. The molecule has 0 bridgehead atoms. The number of carbonyl (C=O) groups excluding carboxylic acids is 1. The summed E-state index contributed by atoms with van der Waals surface area (Å²) in [6.45, 7) is 3.95. The molecule has 0 aromatic heterocycles. The summed E-state index contributed by atoms with van der Waals surface area (Å²) < 4.78 is 4.80. The fraction of sp³-hybridized carbons (Fsp3) is 0.385. The number of carbonyl (C=O) groups is 2. The van der Waals surface area contributed by atoms with Crippen LogP contribution in [0.15, 0.2) is 18.2 Å². The van der Waals surface area contributed by atoms with Gasteiger partial charge in [0.15, 0.2) is 0 Å². The number of carboxylic acid groups (broad SMARTS) is 1. The molecule has 1 rings (SSSR count). The first-order valence-corrected chi connectivity index (χ1v) is 5.91. The summed E-state index contributed by atoms with van der Waals surface area (Å²) >= 11 is 0. The van der Waals surface area contributed by atoms with Gasteiger partial charge in [0, 0.05) is 12.2 Å². The van der Waals surface area contributed by atoms with Gasteiger partial charge in [-0.05, 0) is 31.0 Å². The number of aryl methyl sites for hydroxylation is 1. The summed E-state index contributed by atoms with van der Waals surface area (Å²) in [4.78, 5) is 21.8. The SMILES string of the molecule is Cc1cccc(NC(=O)NCCOCC(=O)O)c1C. The molecule has 0 aliphatic heterocycles. The van der Waals surface area contributed by atoms with Gasteiger partial charge in [0.1, 0.15) is 6.61 Å². The molecule has 104 valence electrons. The molecule has 0 saturated carbocycles. The Morgan fingerprint density at radius 3 is 2.74 bits per heavy atom. The lowest BCUT2D eigenvalue weighted by molar-refractivity contribution is -0.142. The minimum Gasteiger partial charge on any atom is -0.480 e. The van der Waals surface area contributed by atoms with Crippen molar-refractivity contribution in [2.24, 2.45) is 0 Å². The lowest BCUT2D eigenvalue weighted by Crippen LogP contribution is -2.32. The fourth-order valence-corrected chi connectivity index (χ4v) is 1.45. The molecular formula is C13H18N2O4. The average Bonchev–Trinajstić information content (AvgIpc) is 2.34. The minimum atomic E-state index is -1.03. The highest BCUT2D eigenvalue weighted by atomic mass is 16.5. The number of hydrogen-bond acceptors (Lipinski definition) is 3. The molecule has 0 atom stereocenters. The summed E-state index contributed by atoms with van der Waals surface area (Å²) in [5.74, 6) is -1.03. The van der Waals surface area contributed by atoms with E-state index in [2.05, 4.69) is 10.6 Å². The highest BCUT2D eigenvalue weighted by Crippen LogP contribution is 2.17. The second-order valence-electron chi connectivity index (χ2n) is 4.07. The molecule has 1 aromatic carbocycles. The Morgan fingerprint density at radius 2 is 2.05 bits per heavy atom. The molecular weight excluding hydrogens is 248 g/mol. The van der Waals surface area contributed by atoms with E-state index in [9.17, 15) is 9.59 Å². The van der Waals surface area contributed by atoms with Crippen molar-refractivity contribution in [3.05, 3.63) is 29.3 Å². The zero-order valence-corrected chi connectivity index (χ0v) is 11.0. The van der Waals surface area contributed by atoms with Crippen molar-refractivity contribution in [1.82, 2.24) is 5.32 Å². The van der Waals surface area contributed by atoms with Gasteiger partial charge < -0.3 is 20.5 Å². The molecule has 0 unspecified atom stereocenters. The Hall–Kier alpha value is -2.08. The normalized spacial score (nSPS) is 10.0. The molecule has 0 aliphatic carbocycles. The van der Waals surface area contributed by atoms with Crippen LogP contribution in [-0.4, -0.2) is 36.9 Å². The van der Waals surface area contributed by atoms with Gasteiger partial charge in [-0.25, -0.2) is 9.59 Å². The standard InChI is InChI=1S/C13H18N2O4/c1-9-4-3-5-11(10(9)2)15-13(18)14-6-7-19-8-12(16)17/h3-5H,6-8H2,1-2H3,(H,16,17)(H2,14,15,18). The van der Waals surface area contributed by atoms with Gasteiger partial charge >= 0.3 is 12.0 Å². The topological polar surface area (TPSA) is 87.7 Å². The van der Waals surface area contributed by atoms with Crippen molar-refractivity contribution >= 4 is 17.7 Å². The number of anilines is 1. The van der Waals surface area contributed by atoms with Gasteiger partial charge in [0.2, 0.25) is 0 Å². The van der Waals surface area contributed by atoms with Gasteiger partial charge in [-0.15, -0.1) is 0 Å². The van der Waals surface area contributed by atoms with E-state index in [1.54, 1.807) is 0 Å². The third-order valence-electron chi connectivity index (χ3n) is 2.61. The van der Waals surface area contributed by atoms with E-state index in [1.807, 2.05) is 32.0 Å². The summed E-state index contributed by atoms with van der Waals surface area (Å²) in [6.07, 6.45) is 0. The second-order valence-corrected chi connectivity index (χ2v) is 4.07. The minimum absolute atomic E-state index is 0.159. The van der Waals surface area contributed by atoms with Crippen molar-refractivity contribution in [2.45, 2.75) is 13.8 Å². The first-order chi connectivity index (χ1) is 9.00. The second kappa shape index (κ2) is 7.38. The van der Waals surface area contributed by atoms with Crippen LogP contribution < -0.4 is 10.6 Å². The van der Waals surface area contributed by atoms with E-state index in [0.717, 1.165) is 16.8 Å². The molecule has 6 nitrogen and oxygen atoms in total. The largest absolute Gasteiger partial charge is 0.480 e. The van der Waals surface area contributed by atoms with Crippen LogP contribution in [0.25, 0.3) is 0 Å². The van der Waals surface area contributed by atoms with Gasteiger partial charge in [0.25, 0.3) is 0 Å². The Kier molecular flexibility index (Phi) is 5.81. The monoisotopic (exact) mass is 266 g/mol. The number of benzene rings is 1. The van der Waals surface area contributed by atoms with Crippen LogP contribution in [0.4, 0.5) is 10.5 Å². The number of urea groups is 1. The van der Waals surface area contributed by atoms with Gasteiger partial charge in [0.05, 0.1) is 6.61 Å². The fourth-order valence-electron chi connectivity index (χ4n) is 1.45. The molecule has 19 heavy (non-hydrogen) atoms. The molecule has 2 amide bonds.